The summed E-state index contributed by atoms with van der Waals surface area (Å²) in [7, 11) is 0. The number of nitrogens with zero attached hydrogens (tertiary/aromatic N) is 3. The Morgan fingerprint density at radius 1 is 0.914 bits per heavy atom. The maximum Gasteiger partial charge on any atom is 0.573 e. The molecule has 1 unspecified atom stereocenters. The molecule has 35 heavy (non-hydrogen) atoms. The van der Waals surface area contributed by atoms with Gasteiger partial charge in [-0.05, 0) is 67.8 Å². The molecule has 9 heteroatoms. The van der Waals surface area contributed by atoms with Gasteiger partial charge in [-0.1, -0.05) is 30.3 Å². The predicted molar refractivity (Wildman–Crippen MR) is 122 cm³/mol. The van der Waals surface area contributed by atoms with E-state index in [9.17, 15) is 28.3 Å². The number of para-hydroxylation sites is 1. The average Bonchev–Trinajstić information content (AvgIpc) is 3.03. The smallest absolute Gasteiger partial charge is 0.406 e. The van der Waals surface area contributed by atoms with Crippen molar-refractivity contribution in [1.29, 1.82) is 5.26 Å². The van der Waals surface area contributed by atoms with E-state index >= 15 is 0 Å². The van der Waals surface area contributed by atoms with Gasteiger partial charge in [0.15, 0.2) is 5.72 Å². The zero-order valence-electron chi connectivity index (χ0n) is 18.4. The summed E-state index contributed by atoms with van der Waals surface area (Å²) in [4.78, 5) is 16.7. The van der Waals surface area contributed by atoms with Gasteiger partial charge in [0, 0.05) is 16.9 Å². The van der Waals surface area contributed by atoms with Crippen LogP contribution < -0.4 is 14.5 Å². The molecule has 1 N–H and O–H groups in total. The van der Waals surface area contributed by atoms with Gasteiger partial charge in [-0.2, -0.15) is 5.26 Å². The van der Waals surface area contributed by atoms with Crippen LogP contribution in [0, 0.1) is 11.3 Å². The molecule has 5 rings (SSSR count). The minimum Gasteiger partial charge on any atom is -0.406 e. The highest BCUT2D eigenvalue weighted by atomic mass is 19.4. The Balaban J connectivity index is 1.72. The zero-order chi connectivity index (χ0) is 24.8. The lowest BCUT2D eigenvalue weighted by atomic mass is 9.66. The fraction of sp³-hybridized carbons (Fsp3) is 0.231. The maximum absolute atomic E-state index is 14.0. The van der Waals surface area contributed by atoms with Crippen molar-refractivity contribution in [3.63, 3.8) is 0 Å². The zero-order valence-corrected chi connectivity index (χ0v) is 18.4. The monoisotopic (exact) mass is 479 g/mol. The number of aliphatic hydroxyl groups is 1. The summed E-state index contributed by atoms with van der Waals surface area (Å²) in [5.74, 6) is -0.497. The van der Waals surface area contributed by atoms with Crippen LogP contribution in [0.5, 0.6) is 5.75 Å². The van der Waals surface area contributed by atoms with Gasteiger partial charge in [0.25, 0.3) is 0 Å². The summed E-state index contributed by atoms with van der Waals surface area (Å²) in [5.41, 5.74) is -1.82. The number of hydrogen-bond acceptors (Lipinski definition) is 4. The molecule has 178 valence electrons. The third-order valence-corrected chi connectivity index (χ3v) is 6.70. The first-order chi connectivity index (χ1) is 16.7. The van der Waals surface area contributed by atoms with Gasteiger partial charge in [0.2, 0.25) is 0 Å². The van der Waals surface area contributed by atoms with Gasteiger partial charge in [-0.25, -0.2) is 4.79 Å². The molecule has 0 bridgehead atoms. The molecule has 0 radical (unpaired) electrons. The van der Waals surface area contributed by atoms with E-state index in [0.717, 1.165) is 18.6 Å². The van der Waals surface area contributed by atoms with E-state index in [0.29, 0.717) is 29.8 Å². The molecular weight excluding hydrogens is 459 g/mol. The molecule has 1 atom stereocenters. The van der Waals surface area contributed by atoms with Gasteiger partial charge >= 0.3 is 12.4 Å². The number of anilines is 2. The Hall–Kier alpha value is -4.03. The first kappa shape index (κ1) is 22.7. The normalized spacial score (nSPS) is 21.1. The fourth-order valence-electron chi connectivity index (χ4n) is 5.09. The summed E-state index contributed by atoms with van der Waals surface area (Å²) in [6, 6.07) is 21.6. The van der Waals surface area contributed by atoms with Gasteiger partial charge in [0.05, 0.1) is 11.6 Å². The van der Waals surface area contributed by atoms with Crippen LogP contribution in [-0.2, 0) is 5.72 Å². The molecule has 1 heterocycles. The number of benzene rings is 3. The molecule has 2 aliphatic rings. The summed E-state index contributed by atoms with van der Waals surface area (Å²) < 4.78 is 43.0. The van der Waals surface area contributed by atoms with Crippen molar-refractivity contribution in [3.05, 3.63) is 90.0 Å². The van der Waals surface area contributed by atoms with Crippen molar-refractivity contribution in [1.82, 2.24) is 0 Å². The van der Waals surface area contributed by atoms with E-state index in [1.54, 1.807) is 42.5 Å². The summed E-state index contributed by atoms with van der Waals surface area (Å²) in [6.07, 6.45) is -3.33. The molecule has 1 saturated heterocycles. The molecule has 2 fully saturated rings. The number of ether oxygens (including phenoxy) is 1. The van der Waals surface area contributed by atoms with E-state index in [4.69, 9.17) is 0 Å². The quantitative estimate of drug-likeness (QED) is 0.523. The van der Waals surface area contributed by atoms with Crippen LogP contribution in [0.1, 0.15) is 30.4 Å². The Morgan fingerprint density at radius 3 is 2.14 bits per heavy atom. The topological polar surface area (TPSA) is 76.8 Å². The van der Waals surface area contributed by atoms with Gasteiger partial charge in [-0.3, -0.25) is 9.80 Å². The minimum atomic E-state index is -4.91. The van der Waals surface area contributed by atoms with Crippen LogP contribution in [0.2, 0.25) is 0 Å². The van der Waals surface area contributed by atoms with E-state index in [1.165, 1.54) is 34.1 Å². The van der Waals surface area contributed by atoms with E-state index < -0.39 is 29.4 Å². The molecule has 1 aliphatic heterocycles. The van der Waals surface area contributed by atoms with Gasteiger partial charge in [0.1, 0.15) is 11.3 Å². The fourth-order valence-corrected chi connectivity index (χ4v) is 5.09. The Bertz CT molecular complexity index is 1300. The number of halogens is 3. The molecule has 6 nitrogen and oxygen atoms in total. The predicted octanol–water partition coefficient (Wildman–Crippen LogP) is 5.67. The van der Waals surface area contributed by atoms with Crippen LogP contribution in [-0.4, -0.2) is 23.0 Å². The van der Waals surface area contributed by atoms with Crippen molar-refractivity contribution >= 4 is 17.4 Å². The van der Waals surface area contributed by atoms with E-state index in [2.05, 4.69) is 4.74 Å². The van der Waals surface area contributed by atoms with Crippen LogP contribution in [0.25, 0.3) is 0 Å². The van der Waals surface area contributed by atoms with Crippen LogP contribution >= 0.6 is 0 Å². The SMILES string of the molecule is N#Cc1ccc(N2C(=O)N(c3ccccc3)C3(CCC3)C2(O)c2cccc(OC(F)(F)F)c2)cc1. The largest absolute Gasteiger partial charge is 0.573 e. The number of urea groups is 1. The molecule has 2 amide bonds. The highest BCUT2D eigenvalue weighted by molar-refractivity contribution is 6.09. The van der Waals surface area contributed by atoms with Crippen LogP contribution in [0.4, 0.5) is 29.3 Å². The summed E-state index contributed by atoms with van der Waals surface area (Å²) in [5, 5.41) is 21.6. The number of nitriles is 1. The van der Waals surface area contributed by atoms with Crippen LogP contribution in [0.15, 0.2) is 78.9 Å². The maximum atomic E-state index is 14.0. The van der Waals surface area contributed by atoms with E-state index in [-0.39, 0.29) is 5.56 Å². The molecule has 3 aromatic rings. The highest BCUT2D eigenvalue weighted by Crippen LogP contribution is 2.59. The average molecular weight is 479 g/mol. The molecule has 1 saturated carbocycles. The van der Waals surface area contributed by atoms with E-state index in [1.807, 2.05) is 6.07 Å². The minimum absolute atomic E-state index is 0.0927. The number of amides is 2. The second-order valence-corrected chi connectivity index (χ2v) is 8.58. The van der Waals surface area contributed by atoms with Gasteiger partial charge in [-0.15, -0.1) is 13.2 Å². The summed E-state index contributed by atoms with van der Waals surface area (Å²) >= 11 is 0. The first-order valence-electron chi connectivity index (χ1n) is 11.0. The Kier molecular flexibility index (Phi) is 5.22. The second-order valence-electron chi connectivity index (χ2n) is 8.58. The molecular formula is C26H20F3N3O3. The Morgan fingerprint density at radius 2 is 1.57 bits per heavy atom. The first-order valence-corrected chi connectivity index (χ1v) is 11.0. The van der Waals surface area contributed by atoms with Crippen molar-refractivity contribution in [2.45, 2.75) is 36.9 Å². The van der Waals surface area contributed by atoms with Crippen molar-refractivity contribution in [2.75, 3.05) is 9.80 Å². The lowest BCUT2D eigenvalue weighted by molar-refractivity contribution is -0.274. The third-order valence-electron chi connectivity index (χ3n) is 6.70. The van der Waals surface area contributed by atoms with Crippen molar-refractivity contribution in [2.24, 2.45) is 0 Å². The lowest BCUT2D eigenvalue weighted by Gasteiger charge is -2.52. The number of carbonyl (C=O) groups excluding carboxylic acids is 1. The molecule has 0 aromatic heterocycles. The van der Waals surface area contributed by atoms with Crippen molar-refractivity contribution < 1.29 is 27.8 Å². The number of alkyl halides is 3. The second kappa shape index (κ2) is 8.03. The standard InChI is InChI=1S/C26H20F3N3O3/c27-26(28,29)35-22-9-4-6-19(16-22)25(34)24(14-5-15-24)31(20-7-2-1-3-8-20)23(33)32(25)21-12-10-18(17-30)11-13-21/h1-4,6-13,16,34H,5,14-15H2. The summed E-state index contributed by atoms with van der Waals surface area (Å²) in [6.45, 7) is 0. The molecule has 3 aromatic carbocycles. The van der Waals surface area contributed by atoms with Crippen LogP contribution in [0.3, 0.4) is 0 Å². The molecule has 1 spiro atoms. The van der Waals surface area contributed by atoms with Gasteiger partial charge < -0.3 is 9.84 Å². The lowest BCUT2D eigenvalue weighted by Crippen LogP contribution is -2.63. The highest BCUT2D eigenvalue weighted by Gasteiger charge is 2.70. The number of rotatable bonds is 4. The Labute approximate surface area is 199 Å². The number of carbonyl (C=O) groups is 1. The third kappa shape index (κ3) is 3.49. The molecule has 1 aliphatic carbocycles. The number of hydrogen-bond donors (Lipinski definition) is 1. The van der Waals surface area contributed by atoms with Crippen molar-refractivity contribution in [3.8, 4) is 11.8 Å².